The van der Waals surface area contributed by atoms with Crippen LogP contribution in [0.5, 0.6) is 5.75 Å². The molecule has 188 valence electrons. The van der Waals surface area contributed by atoms with Crippen LogP contribution < -0.4 is 10.2 Å². The van der Waals surface area contributed by atoms with E-state index in [1.54, 1.807) is 6.92 Å². The number of hydrogen-bond acceptors (Lipinski definition) is 7. The molecule has 1 aromatic heterocycles. The summed E-state index contributed by atoms with van der Waals surface area (Å²) < 4.78 is 0. The van der Waals surface area contributed by atoms with Crippen LogP contribution in [0.15, 0.2) is 54.7 Å². The maximum absolute atomic E-state index is 12.1. The molecule has 4 rings (SSSR count). The Morgan fingerprint density at radius 1 is 1.06 bits per heavy atom. The number of carbonyl (C=O) groups is 2. The number of aromatic hydroxyl groups is 1. The van der Waals surface area contributed by atoms with Crippen molar-refractivity contribution >= 4 is 17.6 Å². The average molecular weight is 491 g/mol. The van der Waals surface area contributed by atoms with Gasteiger partial charge in [-0.25, -0.2) is 9.97 Å². The highest BCUT2D eigenvalue weighted by atomic mass is 16.4. The third-order valence-electron chi connectivity index (χ3n) is 6.48. The highest BCUT2D eigenvalue weighted by Gasteiger charge is 2.22. The molecule has 1 atom stereocenters. The van der Waals surface area contributed by atoms with Gasteiger partial charge in [0.15, 0.2) is 11.4 Å². The number of aliphatic hydroxyl groups is 1. The van der Waals surface area contributed by atoms with Crippen molar-refractivity contribution in [2.45, 2.75) is 32.3 Å². The molecule has 9 heteroatoms. The lowest BCUT2D eigenvalue weighted by Gasteiger charge is -2.33. The van der Waals surface area contributed by atoms with Crippen molar-refractivity contribution in [3.8, 4) is 16.9 Å². The molecule has 36 heavy (non-hydrogen) atoms. The number of piperidine rings is 1. The zero-order chi connectivity index (χ0) is 25.7. The van der Waals surface area contributed by atoms with Gasteiger partial charge in [-0.3, -0.25) is 9.59 Å². The molecule has 1 aliphatic heterocycles. The minimum Gasteiger partial charge on any atom is -0.504 e. The fraction of sp³-hybridized carbons (Fsp3) is 0.333. The largest absolute Gasteiger partial charge is 0.504 e. The predicted octanol–water partition coefficient (Wildman–Crippen LogP) is 3.18. The third-order valence-corrected chi connectivity index (χ3v) is 6.48. The molecule has 1 amide bonds. The van der Waals surface area contributed by atoms with Crippen LogP contribution in [0.25, 0.3) is 11.1 Å². The molecule has 1 unspecified atom stereocenters. The number of aromatic nitrogens is 2. The molecule has 4 N–H and O–H groups in total. The molecular formula is C27H30N4O5. The highest BCUT2D eigenvalue weighted by molar-refractivity contribution is 5.96. The van der Waals surface area contributed by atoms with Crippen molar-refractivity contribution in [2.24, 2.45) is 5.92 Å². The van der Waals surface area contributed by atoms with Gasteiger partial charge in [0.1, 0.15) is 12.4 Å². The van der Waals surface area contributed by atoms with Gasteiger partial charge < -0.3 is 25.5 Å². The highest BCUT2D eigenvalue weighted by Crippen LogP contribution is 2.28. The van der Waals surface area contributed by atoms with Gasteiger partial charge in [-0.2, -0.15) is 0 Å². The number of nitrogens with one attached hydrogen (secondary N) is 1. The SMILES string of the molecule is CC(O)c1ccc(-c2ccc(N3CCC(Cc4ncc(O)c(C(=O)NCC(=O)O)n4)CC3)cc2)cc1. The van der Waals surface area contributed by atoms with Crippen LogP contribution in [0.1, 0.15) is 47.7 Å². The van der Waals surface area contributed by atoms with E-state index in [2.05, 4.69) is 44.5 Å². The van der Waals surface area contributed by atoms with Crippen molar-refractivity contribution in [3.63, 3.8) is 0 Å². The second-order valence-electron chi connectivity index (χ2n) is 9.08. The van der Waals surface area contributed by atoms with Gasteiger partial charge in [-0.1, -0.05) is 36.4 Å². The summed E-state index contributed by atoms with van der Waals surface area (Å²) in [4.78, 5) is 33.5. The summed E-state index contributed by atoms with van der Waals surface area (Å²) in [6.45, 7) is 2.98. The average Bonchev–Trinajstić information content (AvgIpc) is 2.89. The Bertz CT molecular complexity index is 1200. The summed E-state index contributed by atoms with van der Waals surface area (Å²) in [6, 6.07) is 16.4. The number of carboxylic acid groups (broad SMARTS) is 1. The Labute approximate surface area is 209 Å². The summed E-state index contributed by atoms with van der Waals surface area (Å²) in [5, 5.41) is 30.5. The molecule has 0 spiro atoms. The fourth-order valence-electron chi connectivity index (χ4n) is 4.39. The van der Waals surface area contributed by atoms with Crippen LogP contribution in [0.4, 0.5) is 5.69 Å². The molecule has 0 aliphatic carbocycles. The molecule has 2 heterocycles. The number of carbonyl (C=O) groups excluding carboxylic acids is 1. The molecule has 0 radical (unpaired) electrons. The Morgan fingerprint density at radius 2 is 1.67 bits per heavy atom. The number of aliphatic carboxylic acids is 1. The predicted molar refractivity (Wildman–Crippen MR) is 135 cm³/mol. The molecule has 1 saturated heterocycles. The van der Waals surface area contributed by atoms with Crippen molar-refractivity contribution < 1.29 is 24.9 Å². The van der Waals surface area contributed by atoms with E-state index in [1.165, 1.54) is 6.20 Å². The second-order valence-corrected chi connectivity index (χ2v) is 9.08. The van der Waals surface area contributed by atoms with Gasteiger partial charge in [0.2, 0.25) is 0 Å². The number of nitrogens with zero attached hydrogens (tertiary/aromatic N) is 3. The minimum absolute atomic E-state index is 0.209. The first kappa shape index (κ1) is 25.1. The first-order chi connectivity index (χ1) is 17.3. The van der Waals surface area contributed by atoms with Gasteiger partial charge >= 0.3 is 5.97 Å². The summed E-state index contributed by atoms with van der Waals surface area (Å²) >= 11 is 0. The number of amides is 1. The lowest BCUT2D eigenvalue weighted by molar-refractivity contribution is -0.135. The van der Waals surface area contributed by atoms with Gasteiger partial charge in [0.25, 0.3) is 5.91 Å². The lowest BCUT2D eigenvalue weighted by atomic mass is 9.92. The second kappa shape index (κ2) is 11.2. The van der Waals surface area contributed by atoms with E-state index < -0.39 is 24.5 Å². The molecule has 1 aliphatic rings. The lowest BCUT2D eigenvalue weighted by Crippen LogP contribution is -2.34. The number of anilines is 1. The van der Waals surface area contributed by atoms with Crippen molar-refractivity contribution in [3.05, 3.63) is 71.8 Å². The van der Waals surface area contributed by atoms with Crippen LogP contribution in [-0.2, 0) is 11.2 Å². The molecule has 1 fully saturated rings. The van der Waals surface area contributed by atoms with Gasteiger partial charge in [-0.05, 0) is 54.5 Å². The van der Waals surface area contributed by atoms with Crippen molar-refractivity contribution in [1.29, 1.82) is 0 Å². The van der Waals surface area contributed by atoms with Crippen LogP contribution in [0.3, 0.4) is 0 Å². The van der Waals surface area contributed by atoms with E-state index in [0.717, 1.165) is 48.3 Å². The monoisotopic (exact) mass is 490 g/mol. The number of rotatable bonds is 8. The molecule has 0 saturated carbocycles. The van der Waals surface area contributed by atoms with Crippen molar-refractivity contribution in [1.82, 2.24) is 15.3 Å². The fourth-order valence-corrected chi connectivity index (χ4v) is 4.39. The van der Waals surface area contributed by atoms with Gasteiger partial charge in [-0.15, -0.1) is 0 Å². The van der Waals surface area contributed by atoms with E-state index in [-0.39, 0.29) is 11.4 Å². The molecule has 2 aromatic carbocycles. The zero-order valence-corrected chi connectivity index (χ0v) is 20.1. The van der Waals surface area contributed by atoms with E-state index >= 15 is 0 Å². The number of carboxylic acids is 1. The third kappa shape index (κ3) is 6.17. The van der Waals surface area contributed by atoms with E-state index in [4.69, 9.17) is 5.11 Å². The Hall–Kier alpha value is -3.98. The number of benzene rings is 2. The molecule has 9 nitrogen and oxygen atoms in total. The van der Waals surface area contributed by atoms with Gasteiger partial charge in [0, 0.05) is 25.2 Å². The van der Waals surface area contributed by atoms with E-state index in [1.807, 2.05) is 24.3 Å². The minimum atomic E-state index is -1.18. The van der Waals surface area contributed by atoms with Gasteiger partial charge in [0.05, 0.1) is 12.3 Å². The smallest absolute Gasteiger partial charge is 0.322 e. The summed E-state index contributed by atoms with van der Waals surface area (Å²) in [5.74, 6) is -1.50. The van der Waals surface area contributed by atoms with E-state index in [9.17, 15) is 19.8 Å². The topological polar surface area (TPSA) is 136 Å². The molecular weight excluding hydrogens is 460 g/mol. The van der Waals surface area contributed by atoms with Crippen LogP contribution in [0.2, 0.25) is 0 Å². The summed E-state index contributed by atoms with van der Waals surface area (Å²) in [7, 11) is 0. The molecule has 3 aromatic rings. The quantitative estimate of drug-likeness (QED) is 0.378. The maximum atomic E-state index is 12.1. The first-order valence-corrected chi connectivity index (χ1v) is 12.0. The number of hydrogen-bond donors (Lipinski definition) is 4. The zero-order valence-electron chi connectivity index (χ0n) is 20.1. The molecule has 0 bridgehead atoms. The summed E-state index contributed by atoms with van der Waals surface area (Å²) in [6.07, 6.45) is 3.16. The maximum Gasteiger partial charge on any atom is 0.322 e. The van der Waals surface area contributed by atoms with Crippen molar-refractivity contribution in [2.75, 3.05) is 24.5 Å². The van der Waals surface area contributed by atoms with E-state index in [0.29, 0.717) is 18.2 Å². The summed E-state index contributed by atoms with van der Waals surface area (Å²) in [5.41, 5.74) is 4.08. The Morgan fingerprint density at radius 3 is 2.25 bits per heavy atom. The van der Waals surface area contributed by atoms with Crippen LogP contribution >= 0.6 is 0 Å². The standard InChI is InChI=1S/C27H30N4O5/c1-17(32)19-2-4-20(5-3-19)21-6-8-22(9-7-21)31-12-10-18(11-13-31)14-24-28-15-23(33)26(30-24)27(36)29-16-25(34)35/h2-9,15,17-18,32-33H,10-14,16H2,1H3,(H,29,36)(H,34,35). The van der Waals surface area contributed by atoms with Crippen LogP contribution in [-0.4, -0.2) is 56.8 Å². The Kier molecular flexibility index (Phi) is 7.80. The number of aliphatic hydroxyl groups excluding tert-OH is 1. The Balaban J connectivity index is 1.33. The normalized spacial score (nSPS) is 14.9. The first-order valence-electron chi connectivity index (χ1n) is 12.0. The van der Waals surface area contributed by atoms with Crippen LogP contribution in [0, 0.1) is 5.92 Å².